The van der Waals surface area contributed by atoms with Crippen LogP contribution in [-0.4, -0.2) is 18.2 Å². The first-order valence-corrected chi connectivity index (χ1v) is 8.67. The van der Waals surface area contributed by atoms with Gasteiger partial charge in [0, 0.05) is 28.6 Å². The number of rotatable bonds is 6. The number of carbonyl (C=O) groups is 1. The molecule has 0 saturated carbocycles. The van der Waals surface area contributed by atoms with E-state index in [1.54, 1.807) is 30.3 Å². The van der Waals surface area contributed by atoms with Gasteiger partial charge in [-0.3, -0.25) is 4.79 Å². The minimum Gasteiger partial charge on any atom is -0.351 e. The third-order valence-electron chi connectivity index (χ3n) is 3.16. The van der Waals surface area contributed by atoms with E-state index in [9.17, 15) is 18.0 Å². The van der Waals surface area contributed by atoms with Gasteiger partial charge in [0.25, 0.3) is 5.91 Å². The van der Waals surface area contributed by atoms with Gasteiger partial charge in [0.05, 0.1) is 5.56 Å². The van der Waals surface area contributed by atoms with E-state index in [4.69, 9.17) is 11.6 Å². The molecule has 0 radical (unpaired) electrons. The van der Waals surface area contributed by atoms with Gasteiger partial charge in [-0.15, -0.1) is 0 Å². The van der Waals surface area contributed by atoms with Gasteiger partial charge in [-0.25, -0.2) is 0 Å². The highest BCUT2D eigenvalue weighted by Crippen LogP contribution is 2.30. The van der Waals surface area contributed by atoms with Gasteiger partial charge in [0.2, 0.25) is 0 Å². The Bertz CT molecular complexity index is 689. The number of hydrogen-bond donors (Lipinski definition) is 1. The van der Waals surface area contributed by atoms with Crippen LogP contribution in [0.2, 0.25) is 5.02 Å². The fourth-order valence-corrected chi connectivity index (χ4v) is 2.90. The number of amides is 1. The van der Waals surface area contributed by atoms with Crippen LogP contribution < -0.4 is 5.32 Å². The molecule has 0 heterocycles. The van der Waals surface area contributed by atoms with E-state index in [-0.39, 0.29) is 5.91 Å². The monoisotopic (exact) mass is 373 g/mol. The number of benzene rings is 2. The Balaban J connectivity index is 1.73. The predicted molar refractivity (Wildman–Crippen MR) is 91.4 cm³/mol. The molecule has 0 aromatic heterocycles. The number of carbonyl (C=O) groups excluding carboxylic acids is 1. The smallest absolute Gasteiger partial charge is 0.351 e. The number of hydrogen-bond acceptors (Lipinski definition) is 2. The molecule has 0 spiro atoms. The van der Waals surface area contributed by atoms with Crippen LogP contribution in [0.1, 0.15) is 21.5 Å². The molecule has 2 rings (SSSR count). The maximum absolute atomic E-state index is 12.6. The van der Waals surface area contributed by atoms with Crippen molar-refractivity contribution < 1.29 is 18.0 Å². The van der Waals surface area contributed by atoms with Gasteiger partial charge in [-0.05, 0) is 35.9 Å². The lowest BCUT2D eigenvalue weighted by Crippen LogP contribution is -2.25. The summed E-state index contributed by atoms with van der Waals surface area (Å²) in [5.74, 6) is 0.863. The molecule has 7 heteroatoms. The second-order valence-corrected chi connectivity index (χ2v) is 6.56. The maximum Gasteiger partial charge on any atom is 0.416 e. The molecular weight excluding hydrogens is 359 g/mol. The summed E-state index contributed by atoms with van der Waals surface area (Å²) in [6, 6.07) is 11.8. The quantitative estimate of drug-likeness (QED) is 0.720. The largest absolute Gasteiger partial charge is 0.416 e. The van der Waals surface area contributed by atoms with E-state index in [0.29, 0.717) is 34.2 Å². The van der Waals surface area contributed by atoms with Crippen molar-refractivity contribution in [1.29, 1.82) is 0 Å². The second kappa shape index (κ2) is 8.44. The number of nitrogens with one attached hydrogen (secondary N) is 1. The summed E-state index contributed by atoms with van der Waals surface area (Å²) >= 11 is 7.22. The number of alkyl halides is 3. The van der Waals surface area contributed by atoms with Crippen LogP contribution in [0.25, 0.3) is 0 Å². The first-order valence-electron chi connectivity index (χ1n) is 7.14. The molecule has 0 fully saturated rings. The van der Waals surface area contributed by atoms with Gasteiger partial charge >= 0.3 is 6.18 Å². The van der Waals surface area contributed by atoms with Crippen LogP contribution in [0.4, 0.5) is 13.2 Å². The lowest BCUT2D eigenvalue weighted by atomic mass is 10.1. The predicted octanol–water partition coefficient (Wildman–Crippen LogP) is 5.02. The van der Waals surface area contributed by atoms with Crippen molar-refractivity contribution >= 4 is 29.3 Å². The lowest BCUT2D eigenvalue weighted by Gasteiger charge is -2.09. The highest BCUT2D eigenvalue weighted by molar-refractivity contribution is 7.98. The van der Waals surface area contributed by atoms with Crippen LogP contribution in [0, 0.1) is 0 Å². The molecule has 128 valence electrons. The van der Waals surface area contributed by atoms with Gasteiger partial charge in [-0.2, -0.15) is 24.9 Å². The van der Waals surface area contributed by atoms with Crippen molar-refractivity contribution in [2.45, 2.75) is 11.9 Å². The van der Waals surface area contributed by atoms with Crippen molar-refractivity contribution in [2.24, 2.45) is 0 Å². The summed E-state index contributed by atoms with van der Waals surface area (Å²) in [4.78, 5) is 11.9. The average molecular weight is 374 g/mol. The third kappa shape index (κ3) is 5.76. The Hall–Kier alpha value is -1.66. The average Bonchev–Trinajstić information content (AvgIpc) is 2.54. The fourth-order valence-electron chi connectivity index (χ4n) is 1.97. The molecule has 0 atom stereocenters. The Morgan fingerprint density at radius 2 is 1.83 bits per heavy atom. The molecule has 2 aromatic rings. The normalized spacial score (nSPS) is 11.3. The summed E-state index contributed by atoms with van der Waals surface area (Å²) < 4.78 is 37.9. The fraction of sp³-hybridized carbons (Fsp3) is 0.235. The zero-order valence-corrected chi connectivity index (χ0v) is 14.1. The Kier molecular flexibility index (Phi) is 6.57. The Morgan fingerprint density at radius 1 is 1.12 bits per heavy atom. The molecule has 0 aliphatic heterocycles. The maximum atomic E-state index is 12.6. The summed E-state index contributed by atoms with van der Waals surface area (Å²) in [5, 5.41) is 3.32. The highest BCUT2D eigenvalue weighted by atomic mass is 35.5. The van der Waals surface area contributed by atoms with Gasteiger partial charge < -0.3 is 5.32 Å². The van der Waals surface area contributed by atoms with E-state index in [0.717, 1.165) is 12.1 Å². The minimum absolute atomic E-state index is 0.202. The van der Waals surface area contributed by atoms with Crippen molar-refractivity contribution in [1.82, 2.24) is 5.32 Å². The van der Waals surface area contributed by atoms with Crippen LogP contribution >= 0.6 is 23.4 Å². The van der Waals surface area contributed by atoms with Gasteiger partial charge in [0.15, 0.2) is 0 Å². The highest BCUT2D eigenvalue weighted by Gasteiger charge is 2.30. The van der Waals surface area contributed by atoms with Crippen LogP contribution in [-0.2, 0) is 11.9 Å². The zero-order valence-electron chi connectivity index (χ0n) is 12.6. The first kappa shape index (κ1) is 18.7. The molecule has 24 heavy (non-hydrogen) atoms. The third-order valence-corrected chi connectivity index (χ3v) is 4.44. The summed E-state index contributed by atoms with van der Waals surface area (Å²) in [6.07, 6.45) is -4.33. The molecule has 2 nitrogen and oxygen atoms in total. The minimum atomic E-state index is -4.33. The van der Waals surface area contributed by atoms with Crippen molar-refractivity contribution in [3.63, 3.8) is 0 Å². The molecular formula is C17H15ClF3NOS. The lowest BCUT2D eigenvalue weighted by molar-refractivity contribution is -0.137. The topological polar surface area (TPSA) is 29.1 Å². The number of thioether (sulfide) groups is 1. The molecule has 0 unspecified atom stereocenters. The molecule has 1 N–H and O–H groups in total. The SMILES string of the molecule is O=C(NCCSCc1cccc(C(F)(F)F)c1)c1ccc(Cl)cc1. The summed E-state index contributed by atoms with van der Waals surface area (Å²) in [5.41, 5.74) is 0.484. The van der Waals surface area contributed by atoms with Crippen molar-refractivity contribution in [3.8, 4) is 0 Å². The molecule has 0 aliphatic carbocycles. The van der Waals surface area contributed by atoms with E-state index in [2.05, 4.69) is 5.32 Å². The van der Waals surface area contributed by atoms with Crippen LogP contribution in [0.3, 0.4) is 0 Å². The van der Waals surface area contributed by atoms with Crippen LogP contribution in [0.15, 0.2) is 48.5 Å². The molecule has 0 aliphatic rings. The summed E-state index contributed by atoms with van der Waals surface area (Å²) in [7, 11) is 0. The summed E-state index contributed by atoms with van der Waals surface area (Å²) in [6.45, 7) is 0.436. The van der Waals surface area contributed by atoms with Crippen LogP contribution in [0.5, 0.6) is 0 Å². The Morgan fingerprint density at radius 3 is 2.50 bits per heavy atom. The second-order valence-electron chi connectivity index (χ2n) is 5.01. The Labute approximate surface area is 147 Å². The van der Waals surface area contributed by atoms with Gasteiger partial charge in [0.1, 0.15) is 0 Å². The van der Waals surface area contributed by atoms with E-state index >= 15 is 0 Å². The molecule has 1 amide bonds. The van der Waals surface area contributed by atoms with E-state index < -0.39 is 11.7 Å². The standard InChI is InChI=1S/C17H15ClF3NOS/c18-15-6-4-13(5-7-15)16(23)22-8-9-24-11-12-2-1-3-14(10-12)17(19,20)21/h1-7,10H,8-9,11H2,(H,22,23). The molecule has 2 aromatic carbocycles. The number of halogens is 4. The molecule has 0 bridgehead atoms. The van der Waals surface area contributed by atoms with E-state index in [1.807, 2.05) is 0 Å². The van der Waals surface area contributed by atoms with Crippen molar-refractivity contribution in [2.75, 3.05) is 12.3 Å². The van der Waals surface area contributed by atoms with Gasteiger partial charge in [-0.1, -0.05) is 29.8 Å². The molecule has 0 saturated heterocycles. The first-order chi connectivity index (χ1) is 11.4. The van der Waals surface area contributed by atoms with E-state index in [1.165, 1.54) is 17.8 Å². The van der Waals surface area contributed by atoms with Crippen molar-refractivity contribution in [3.05, 3.63) is 70.2 Å². The zero-order chi connectivity index (χ0) is 17.6.